The third kappa shape index (κ3) is 2.12. The normalized spacial score (nSPS) is 36.6. The quantitative estimate of drug-likeness (QED) is 0.676. The highest BCUT2D eigenvalue weighted by Gasteiger charge is 2.35. The van der Waals surface area contributed by atoms with Gasteiger partial charge in [0.1, 0.15) is 0 Å². The van der Waals surface area contributed by atoms with Gasteiger partial charge in [0.05, 0.1) is 0 Å². The van der Waals surface area contributed by atoms with Crippen LogP contribution in [-0.2, 0) is 0 Å². The maximum absolute atomic E-state index is 2.65. The molecule has 1 atom stereocenters. The summed E-state index contributed by atoms with van der Waals surface area (Å²) in [4.78, 5) is 5.26. The van der Waals surface area contributed by atoms with E-state index in [1.165, 1.54) is 51.9 Å². The zero-order valence-electron chi connectivity index (χ0n) is 9.71. The average Bonchev–Trinajstić information content (AvgIpc) is 2.27. The molecule has 0 amide bonds. The summed E-state index contributed by atoms with van der Waals surface area (Å²) >= 11 is 0. The first kappa shape index (κ1) is 10.4. The molecule has 3 rings (SSSR count). The van der Waals surface area contributed by atoms with Crippen molar-refractivity contribution in [3.05, 3.63) is 0 Å². The van der Waals surface area contributed by atoms with E-state index >= 15 is 0 Å². The molecule has 3 heterocycles. The van der Waals surface area contributed by atoms with Crippen LogP contribution in [0.2, 0.25) is 0 Å². The van der Waals surface area contributed by atoms with Gasteiger partial charge in [-0.3, -0.25) is 0 Å². The fraction of sp³-hybridized carbons (Fsp3) is 1.00. The van der Waals surface area contributed by atoms with E-state index in [-0.39, 0.29) is 0 Å². The second kappa shape index (κ2) is 4.63. The van der Waals surface area contributed by atoms with E-state index < -0.39 is 0 Å². The van der Waals surface area contributed by atoms with Crippen molar-refractivity contribution in [1.82, 2.24) is 9.80 Å². The maximum Gasteiger partial charge on any atom is 0.0249 e. The summed E-state index contributed by atoms with van der Waals surface area (Å²) in [6, 6.07) is 0.865. The minimum atomic E-state index is 0.865. The minimum absolute atomic E-state index is 0.865. The Balaban J connectivity index is 1.85. The minimum Gasteiger partial charge on any atom is -0.302 e. The topological polar surface area (TPSA) is 6.48 Å². The predicted octanol–water partition coefficient (Wildman–Crippen LogP) is 1.81. The standard InChI is InChI=1S/C12H24N2/c1-3-4-7-13(2)12-10-14-8-5-11(12)6-9-14/h11-12H,3-10H2,1-2H3. The molecule has 0 N–H and O–H groups in total. The zero-order chi connectivity index (χ0) is 9.97. The maximum atomic E-state index is 2.65. The molecule has 14 heavy (non-hydrogen) atoms. The highest BCUT2D eigenvalue weighted by atomic mass is 15.2. The predicted molar refractivity (Wildman–Crippen MR) is 60.5 cm³/mol. The molecule has 3 fully saturated rings. The third-order valence-corrected chi connectivity index (χ3v) is 4.05. The molecule has 0 spiro atoms. The van der Waals surface area contributed by atoms with Gasteiger partial charge in [0, 0.05) is 12.6 Å². The Morgan fingerprint density at radius 2 is 2.00 bits per heavy atom. The van der Waals surface area contributed by atoms with Crippen LogP contribution >= 0.6 is 0 Å². The molecule has 3 aliphatic heterocycles. The van der Waals surface area contributed by atoms with Gasteiger partial charge >= 0.3 is 0 Å². The SMILES string of the molecule is CCCCN(C)C1CN2CCC1CC2. The number of piperidine rings is 3. The van der Waals surface area contributed by atoms with Gasteiger partial charge in [0.15, 0.2) is 0 Å². The number of fused-ring (bicyclic) bond motifs is 3. The van der Waals surface area contributed by atoms with Crippen LogP contribution in [0.5, 0.6) is 0 Å². The van der Waals surface area contributed by atoms with Crippen molar-refractivity contribution in [2.45, 2.75) is 38.6 Å². The lowest BCUT2D eigenvalue weighted by Crippen LogP contribution is -2.56. The number of hydrogen-bond acceptors (Lipinski definition) is 2. The fourth-order valence-corrected chi connectivity index (χ4v) is 3.01. The summed E-state index contributed by atoms with van der Waals surface area (Å²) in [5.74, 6) is 1.00. The first-order chi connectivity index (χ1) is 6.81. The molecule has 2 nitrogen and oxygen atoms in total. The number of rotatable bonds is 4. The van der Waals surface area contributed by atoms with E-state index in [2.05, 4.69) is 23.8 Å². The molecular weight excluding hydrogens is 172 g/mol. The molecule has 2 bridgehead atoms. The smallest absolute Gasteiger partial charge is 0.0249 e. The van der Waals surface area contributed by atoms with Crippen LogP contribution in [0.1, 0.15) is 32.6 Å². The van der Waals surface area contributed by atoms with Crippen molar-refractivity contribution in [2.24, 2.45) is 5.92 Å². The van der Waals surface area contributed by atoms with Crippen LogP contribution in [0.15, 0.2) is 0 Å². The summed E-state index contributed by atoms with van der Waals surface area (Å²) in [5.41, 5.74) is 0. The van der Waals surface area contributed by atoms with Gasteiger partial charge in [-0.25, -0.2) is 0 Å². The number of nitrogens with zero attached hydrogens (tertiary/aromatic N) is 2. The lowest BCUT2D eigenvalue weighted by Gasteiger charge is -2.48. The number of likely N-dealkylation sites (N-methyl/N-ethyl adjacent to an activating group) is 1. The highest BCUT2D eigenvalue weighted by Crippen LogP contribution is 2.30. The van der Waals surface area contributed by atoms with Gasteiger partial charge in [-0.05, 0) is 51.9 Å². The van der Waals surface area contributed by atoms with Gasteiger partial charge in [0.25, 0.3) is 0 Å². The molecule has 0 saturated carbocycles. The Morgan fingerprint density at radius 1 is 1.29 bits per heavy atom. The largest absolute Gasteiger partial charge is 0.302 e. The summed E-state index contributed by atoms with van der Waals surface area (Å²) < 4.78 is 0. The van der Waals surface area contributed by atoms with Crippen LogP contribution in [0, 0.1) is 5.92 Å². The Kier molecular flexibility index (Phi) is 3.45. The van der Waals surface area contributed by atoms with Crippen LogP contribution in [0.4, 0.5) is 0 Å². The van der Waals surface area contributed by atoms with Crippen LogP contribution in [-0.4, -0.2) is 49.1 Å². The van der Waals surface area contributed by atoms with Crippen LogP contribution in [0.25, 0.3) is 0 Å². The van der Waals surface area contributed by atoms with Gasteiger partial charge in [-0.2, -0.15) is 0 Å². The molecule has 0 aromatic rings. The van der Waals surface area contributed by atoms with Gasteiger partial charge in [0.2, 0.25) is 0 Å². The Bertz CT molecular complexity index is 173. The molecule has 3 saturated heterocycles. The molecule has 0 aromatic carbocycles. The molecule has 2 heteroatoms. The molecule has 82 valence electrons. The van der Waals surface area contributed by atoms with Crippen LogP contribution < -0.4 is 0 Å². The molecule has 3 aliphatic rings. The fourth-order valence-electron chi connectivity index (χ4n) is 3.01. The van der Waals surface area contributed by atoms with E-state index in [1.807, 2.05) is 0 Å². The van der Waals surface area contributed by atoms with E-state index in [4.69, 9.17) is 0 Å². The van der Waals surface area contributed by atoms with E-state index in [0.29, 0.717) is 0 Å². The van der Waals surface area contributed by atoms with Crippen molar-refractivity contribution in [3.63, 3.8) is 0 Å². The van der Waals surface area contributed by atoms with E-state index in [1.54, 1.807) is 0 Å². The Hall–Kier alpha value is -0.0800. The first-order valence-corrected chi connectivity index (χ1v) is 6.24. The second-order valence-corrected chi connectivity index (χ2v) is 5.04. The molecule has 0 radical (unpaired) electrons. The Morgan fingerprint density at radius 3 is 2.50 bits per heavy atom. The van der Waals surface area contributed by atoms with Gasteiger partial charge in [-0.1, -0.05) is 13.3 Å². The van der Waals surface area contributed by atoms with Crippen LogP contribution in [0.3, 0.4) is 0 Å². The van der Waals surface area contributed by atoms with Gasteiger partial charge < -0.3 is 9.80 Å². The average molecular weight is 196 g/mol. The van der Waals surface area contributed by atoms with Crippen molar-refractivity contribution >= 4 is 0 Å². The highest BCUT2D eigenvalue weighted by molar-refractivity contribution is 4.91. The second-order valence-electron chi connectivity index (χ2n) is 5.04. The van der Waals surface area contributed by atoms with E-state index in [9.17, 15) is 0 Å². The molecule has 0 aliphatic carbocycles. The zero-order valence-corrected chi connectivity index (χ0v) is 9.71. The summed E-state index contributed by atoms with van der Waals surface area (Å²) in [6.45, 7) is 7.65. The molecule has 0 aromatic heterocycles. The van der Waals surface area contributed by atoms with Gasteiger partial charge in [-0.15, -0.1) is 0 Å². The molecular formula is C12H24N2. The van der Waals surface area contributed by atoms with Crippen molar-refractivity contribution in [3.8, 4) is 0 Å². The lowest BCUT2D eigenvalue weighted by molar-refractivity contribution is 0.0164. The number of hydrogen-bond donors (Lipinski definition) is 0. The third-order valence-electron chi connectivity index (χ3n) is 4.05. The lowest BCUT2D eigenvalue weighted by atomic mass is 9.83. The van der Waals surface area contributed by atoms with Crippen molar-refractivity contribution < 1.29 is 0 Å². The monoisotopic (exact) mass is 196 g/mol. The van der Waals surface area contributed by atoms with Crippen molar-refractivity contribution in [1.29, 1.82) is 0 Å². The Labute approximate surface area is 88.3 Å². The first-order valence-electron chi connectivity index (χ1n) is 6.24. The summed E-state index contributed by atoms with van der Waals surface area (Å²) in [5, 5.41) is 0. The van der Waals surface area contributed by atoms with Crippen molar-refractivity contribution in [2.75, 3.05) is 33.2 Å². The van der Waals surface area contributed by atoms with E-state index in [0.717, 1.165) is 12.0 Å². The molecule has 1 unspecified atom stereocenters. The summed E-state index contributed by atoms with van der Waals surface area (Å²) in [7, 11) is 2.32. The summed E-state index contributed by atoms with van der Waals surface area (Å²) in [6.07, 6.45) is 5.58. The number of unbranched alkanes of at least 4 members (excludes halogenated alkanes) is 1.